The Morgan fingerprint density at radius 3 is 2.74 bits per heavy atom. The van der Waals surface area contributed by atoms with E-state index in [-0.39, 0.29) is 12.5 Å². The molecule has 0 bridgehead atoms. The smallest absolute Gasteiger partial charge is 0.238 e. The van der Waals surface area contributed by atoms with Crippen LogP contribution in [0.2, 0.25) is 0 Å². The van der Waals surface area contributed by atoms with Crippen molar-refractivity contribution in [3.63, 3.8) is 0 Å². The molecule has 0 aliphatic carbocycles. The Bertz CT molecular complexity index is 414. The largest absolute Gasteiger partial charge is 0.383 e. The molecule has 1 aromatic carbocycles. The summed E-state index contributed by atoms with van der Waals surface area (Å²) in [4.78, 5) is 13.8. The summed E-state index contributed by atoms with van der Waals surface area (Å²) in [5.41, 5.74) is 0.777. The summed E-state index contributed by atoms with van der Waals surface area (Å²) in [6, 6.07) is 11.4. The highest BCUT2D eigenvalue weighted by atomic mass is 16.5. The normalized spacial score (nSPS) is 10.2. The zero-order valence-electron chi connectivity index (χ0n) is 11.1. The van der Waals surface area contributed by atoms with Crippen LogP contribution in [0.3, 0.4) is 0 Å². The first-order valence-electron chi connectivity index (χ1n) is 6.19. The number of hydrogen-bond donors (Lipinski definition) is 1. The molecule has 0 saturated carbocycles. The summed E-state index contributed by atoms with van der Waals surface area (Å²) in [7, 11) is 1.62. The molecular weight excluding hydrogens is 242 g/mol. The standard InChI is InChI=1S/C14H19N3O2/c1-19-11-10-17(9-5-8-15)12-14(18)16-13-6-3-2-4-7-13/h2-4,6-7H,5,9-12H2,1H3,(H,16,18). The van der Waals surface area contributed by atoms with Crippen LogP contribution in [0.1, 0.15) is 6.42 Å². The number of carbonyl (C=O) groups excluding carboxylic acids is 1. The predicted molar refractivity (Wildman–Crippen MR) is 73.6 cm³/mol. The van der Waals surface area contributed by atoms with Gasteiger partial charge in [0.2, 0.25) is 5.91 Å². The number of para-hydroxylation sites is 1. The zero-order chi connectivity index (χ0) is 13.9. The molecule has 0 saturated heterocycles. The van der Waals surface area contributed by atoms with Crippen molar-refractivity contribution < 1.29 is 9.53 Å². The maximum absolute atomic E-state index is 11.9. The van der Waals surface area contributed by atoms with Gasteiger partial charge in [-0.05, 0) is 12.1 Å². The van der Waals surface area contributed by atoms with Crippen LogP contribution in [-0.2, 0) is 9.53 Å². The van der Waals surface area contributed by atoms with Crippen LogP contribution < -0.4 is 5.32 Å². The second kappa shape index (κ2) is 9.09. The Morgan fingerprint density at radius 1 is 1.37 bits per heavy atom. The van der Waals surface area contributed by atoms with Crippen molar-refractivity contribution in [1.82, 2.24) is 4.90 Å². The van der Waals surface area contributed by atoms with Crippen LogP contribution in [0.4, 0.5) is 5.69 Å². The van der Waals surface area contributed by atoms with E-state index in [9.17, 15) is 4.79 Å². The minimum absolute atomic E-state index is 0.0831. The van der Waals surface area contributed by atoms with Gasteiger partial charge in [0.25, 0.3) is 0 Å². The summed E-state index contributed by atoms with van der Waals surface area (Å²) in [5, 5.41) is 11.4. The summed E-state index contributed by atoms with van der Waals surface area (Å²) in [6.07, 6.45) is 0.405. The second-order valence-electron chi connectivity index (χ2n) is 4.09. The van der Waals surface area contributed by atoms with E-state index in [0.717, 1.165) is 5.69 Å². The van der Waals surface area contributed by atoms with Crippen molar-refractivity contribution in [2.45, 2.75) is 6.42 Å². The lowest BCUT2D eigenvalue weighted by Gasteiger charge is -2.20. The molecule has 0 aromatic heterocycles. The first-order valence-corrected chi connectivity index (χ1v) is 6.19. The van der Waals surface area contributed by atoms with Crippen molar-refractivity contribution in [3.8, 4) is 6.07 Å². The van der Waals surface area contributed by atoms with Gasteiger partial charge in [-0.3, -0.25) is 9.69 Å². The molecule has 0 heterocycles. The highest BCUT2D eigenvalue weighted by molar-refractivity contribution is 5.92. The molecule has 102 valence electrons. The van der Waals surface area contributed by atoms with Crippen LogP contribution in [0, 0.1) is 11.3 Å². The highest BCUT2D eigenvalue weighted by Crippen LogP contribution is 2.05. The molecule has 5 heteroatoms. The Labute approximate surface area is 113 Å². The fourth-order valence-electron chi connectivity index (χ4n) is 1.62. The monoisotopic (exact) mass is 261 g/mol. The van der Waals surface area contributed by atoms with E-state index in [1.54, 1.807) is 7.11 Å². The third kappa shape index (κ3) is 6.55. The van der Waals surface area contributed by atoms with E-state index in [4.69, 9.17) is 10.00 Å². The molecule has 0 aliphatic heterocycles. The lowest BCUT2D eigenvalue weighted by atomic mass is 10.3. The number of ether oxygens (including phenoxy) is 1. The third-order valence-corrected chi connectivity index (χ3v) is 2.58. The van der Waals surface area contributed by atoms with Gasteiger partial charge < -0.3 is 10.1 Å². The summed E-state index contributed by atoms with van der Waals surface area (Å²) >= 11 is 0. The van der Waals surface area contributed by atoms with E-state index in [0.29, 0.717) is 26.1 Å². The number of anilines is 1. The summed E-state index contributed by atoms with van der Waals surface area (Å²) < 4.78 is 5.00. The molecule has 0 aliphatic rings. The van der Waals surface area contributed by atoms with Crippen molar-refractivity contribution in [1.29, 1.82) is 5.26 Å². The van der Waals surface area contributed by atoms with Gasteiger partial charge in [0, 0.05) is 32.3 Å². The van der Waals surface area contributed by atoms with E-state index in [1.807, 2.05) is 35.2 Å². The van der Waals surface area contributed by atoms with E-state index >= 15 is 0 Å². The zero-order valence-corrected chi connectivity index (χ0v) is 11.1. The molecule has 0 radical (unpaired) electrons. The van der Waals surface area contributed by atoms with Gasteiger partial charge in [-0.15, -0.1) is 0 Å². The molecule has 0 atom stereocenters. The van der Waals surface area contributed by atoms with Crippen molar-refractivity contribution in [2.24, 2.45) is 0 Å². The van der Waals surface area contributed by atoms with Gasteiger partial charge in [-0.2, -0.15) is 5.26 Å². The molecule has 1 aromatic rings. The molecule has 0 spiro atoms. The number of nitriles is 1. The highest BCUT2D eigenvalue weighted by Gasteiger charge is 2.10. The van der Waals surface area contributed by atoms with Gasteiger partial charge in [0.15, 0.2) is 0 Å². The van der Waals surface area contributed by atoms with E-state index in [2.05, 4.69) is 11.4 Å². The van der Waals surface area contributed by atoms with Gasteiger partial charge in [-0.25, -0.2) is 0 Å². The first-order chi connectivity index (χ1) is 9.26. The Hall–Kier alpha value is -1.90. The Balaban J connectivity index is 2.43. The maximum atomic E-state index is 11.9. The fraction of sp³-hybridized carbons (Fsp3) is 0.429. The van der Waals surface area contributed by atoms with Crippen LogP contribution >= 0.6 is 0 Å². The van der Waals surface area contributed by atoms with Crippen LogP contribution in [-0.4, -0.2) is 44.2 Å². The van der Waals surface area contributed by atoms with Crippen LogP contribution in [0.25, 0.3) is 0 Å². The van der Waals surface area contributed by atoms with Crippen LogP contribution in [0.5, 0.6) is 0 Å². The Morgan fingerprint density at radius 2 is 2.11 bits per heavy atom. The third-order valence-electron chi connectivity index (χ3n) is 2.58. The molecule has 1 amide bonds. The molecule has 1 rings (SSSR count). The number of amides is 1. The summed E-state index contributed by atoms with van der Waals surface area (Å²) in [5.74, 6) is -0.0831. The quantitative estimate of drug-likeness (QED) is 0.770. The molecule has 19 heavy (non-hydrogen) atoms. The van der Waals surface area contributed by atoms with Gasteiger partial charge in [0.05, 0.1) is 19.2 Å². The minimum atomic E-state index is -0.0831. The molecule has 0 unspecified atom stereocenters. The van der Waals surface area contributed by atoms with Gasteiger partial charge in [-0.1, -0.05) is 18.2 Å². The molecule has 0 fully saturated rings. The van der Waals surface area contributed by atoms with Crippen molar-refractivity contribution in [2.75, 3.05) is 38.7 Å². The topological polar surface area (TPSA) is 65.4 Å². The molecule has 5 nitrogen and oxygen atoms in total. The lowest BCUT2D eigenvalue weighted by molar-refractivity contribution is -0.117. The minimum Gasteiger partial charge on any atom is -0.383 e. The number of nitrogens with one attached hydrogen (secondary N) is 1. The SMILES string of the molecule is COCCN(CCC#N)CC(=O)Nc1ccccc1. The number of hydrogen-bond acceptors (Lipinski definition) is 4. The van der Waals surface area contributed by atoms with E-state index < -0.39 is 0 Å². The fourth-order valence-corrected chi connectivity index (χ4v) is 1.62. The van der Waals surface area contributed by atoms with E-state index in [1.165, 1.54) is 0 Å². The van der Waals surface area contributed by atoms with Crippen molar-refractivity contribution >= 4 is 11.6 Å². The lowest BCUT2D eigenvalue weighted by Crippen LogP contribution is -2.36. The number of rotatable bonds is 8. The summed E-state index contributed by atoms with van der Waals surface area (Å²) in [6.45, 7) is 2.02. The van der Waals surface area contributed by atoms with Crippen molar-refractivity contribution in [3.05, 3.63) is 30.3 Å². The number of carbonyl (C=O) groups is 1. The van der Waals surface area contributed by atoms with Gasteiger partial charge >= 0.3 is 0 Å². The first kappa shape index (κ1) is 15.2. The van der Waals surface area contributed by atoms with Gasteiger partial charge in [0.1, 0.15) is 0 Å². The van der Waals surface area contributed by atoms with Crippen LogP contribution in [0.15, 0.2) is 30.3 Å². The average Bonchev–Trinajstić information content (AvgIpc) is 2.43. The predicted octanol–water partition coefficient (Wildman–Crippen LogP) is 1.49. The second-order valence-corrected chi connectivity index (χ2v) is 4.09. The number of benzene rings is 1. The number of methoxy groups -OCH3 is 1. The number of nitrogens with zero attached hydrogens (tertiary/aromatic N) is 2. The molecular formula is C14H19N3O2. The Kier molecular flexibility index (Phi) is 7.25. The molecule has 1 N–H and O–H groups in total. The maximum Gasteiger partial charge on any atom is 0.238 e. The average molecular weight is 261 g/mol.